The first-order chi connectivity index (χ1) is 31.3. The van der Waals surface area contributed by atoms with E-state index >= 15 is 0 Å². The van der Waals surface area contributed by atoms with Crippen molar-refractivity contribution < 1.29 is 0 Å². The predicted octanol–water partition coefficient (Wildman–Crippen LogP) is 12.6. The zero-order chi connectivity index (χ0) is 41.7. The summed E-state index contributed by atoms with van der Waals surface area (Å²) in [6, 6.07) is 94.1. The highest BCUT2D eigenvalue weighted by Crippen LogP contribution is 2.42. The third-order valence-electron chi connectivity index (χ3n) is 13.1. The fourth-order valence-corrected chi connectivity index (χ4v) is 15.2. The van der Waals surface area contributed by atoms with Crippen LogP contribution in [-0.4, -0.2) is 17.2 Å². The molecule has 0 atom stereocenters. The highest BCUT2D eigenvalue weighted by Gasteiger charge is 2.41. The van der Waals surface area contributed by atoms with Crippen molar-refractivity contribution >= 4 is 72.4 Å². The molecular formula is C60H42N2Si. The van der Waals surface area contributed by atoms with Crippen LogP contribution in [0.25, 0.3) is 77.2 Å². The summed E-state index contributed by atoms with van der Waals surface area (Å²) >= 11 is 0. The van der Waals surface area contributed by atoms with Gasteiger partial charge in [0, 0.05) is 27.1 Å². The highest BCUT2D eigenvalue weighted by atomic mass is 28.3. The second kappa shape index (κ2) is 15.2. The Kier molecular flexibility index (Phi) is 8.87. The molecule has 0 bridgehead atoms. The maximum absolute atomic E-state index is 2.76. The molecule has 2 nitrogen and oxygen atoms in total. The van der Waals surface area contributed by atoms with Gasteiger partial charge in [-0.15, -0.1) is 0 Å². The van der Waals surface area contributed by atoms with E-state index in [-0.39, 0.29) is 0 Å². The van der Waals surface area contributed by atoms with Crippen molar-refractivity contribution in [3.63, 3.8) is 0 Å². The molecule has 2 aromatic heterocycles. The van der Waals surface area contributed by atoms with Crippen LogP contribution in [0.15, 0.2) is 255 Å². The van der Waals surface area contributed by atoms with Crippen LogP contribution < -0.4 is 20.7 Å². The van der Waals surface area contributed by atoms with E-state index in [1.165, 1.54) is 92.3 Å². The van der Waals surface area contributed by atoms with Crippen LogP contribution in [0.2, 0.25) is 0 Å². The monoisotopic (exact) mass is 818 g/mol. The first kappa shape index (κ1) is 36.8. The number of para-hydroxylation sites is 3. The van der Waals surface area contributed by atoms with Crippen molar-refractivity contribution in [2.75, 3.05) is 0 Å². The Bertz CT molecular complexity index is 3510. The summed E-state index contributed by atoms with van der Waals surface area (Å²) in [5, 5.41) is 10.4. The summed E-state index contributed by atoms with van der Waals surface area (Å²) in [4.78, 5) is 0. The van der Waals surface area contributed by atoms with E-state index in [0.29, 0.717) is 0 Å². The summed E-state index contributed by atoms with van der Waals surface area (Å²) in [6.07, 6.45) is 0. The van der Waals surface area contributed by atoms with Gasteiger partial charge in [0.2, 0.25) is 0 Å². The molecule has 0 N–H and O–H groups in total. The molecule has 0 aliphatic rings. The van der Waals surface area contributed by atoms with Gasteiger partial charge in [-0.2, -0.15) is 0 Å². The number of hydrogen-bond acceptors (Lipinski definition) is 0. The van der Waals surface area contributed by atoms with E-state index < -0.39 is 8.07 Å². The summed E-state index contributed by atoms with van der Waals surface area (Å²) in [5.74, 6) is 0. The number of benzene rings is 10. The van der Waals surface area contributed by atoms with Crippen LogP contribution in [0.4, 0.5) is 0 Å². The van der Waals surface area contributed by atoms with E-state index in [2.05, 4.69) is 264 Å². The second-order valence-electron chi connectivity index (χ2n) is 16.4. The van der Waals surface area contributed by atoms with E-state index in [1.54, 1.807) is 0 Å². The Morgan fingerprint density at radius 1 is 0.254 bits per heavy atom. The third-order valence-corrected chi connectivity index (χ3v) is 17.9. The number of hydrogen-bond donors (Lipinski definition) is 0. The average Bonchev–Trinajstić information content (AvgIpc) is 3.88. The summed E-state index contributed by atoms with van der Waals surface area (Å²) in [5.41, 5.74) is 11.9. The third kappa shape index (κ3) is 5.78. The van der Waals surface area contributed by atoms with Gasteiger partial charge in [0.05, 0.1) is 33.4 Å². The molecule has 2 heterocycles. The van der Waals surface area contributed by atoms with E-state index in [4.69, 9.17) is 0 Å². The molecule has 0 spiro atoms. The Balaban J connectivity index is 1.12. The van der Waals surface area contributed by atoms with Crippen LogP contribution in [0.3, 0.4) is 0 Å². The second-order valence-corrected chi connectivity index (χ2v) is 20.2. The molecule has 3 heteroatoms. The fraction of sp³-hybridized carbons (Fsp3) is 0. The van der Waals surface area contributed by atoms with Gasteiger partial charge >= 0.3 is 0 Å². The zero-order valence-corrected chi connectivity index (χ0v) is 35.6. The number of rotatable bonds is 8. The van der Waals surface area contributed by atoms with E-state index in [9.17, 15) is 0 Å². The van der Waals surface area contributed by atoms with Crippen molar-refractivity contribution in [3.05, 3.63) is 255 Å². The molecule has 12 rings (SSSR count). The van der Waals surface area contributed by atoms with Crippen molar-refractivity contribution in [1.82, 2.24) is 9.13 Å². The van der Waals surface area contributed by atoms with Crippen molar-refractivity contribution in [2.24, 2.45) is 0 Å². The molecule has 0 aliphatic carbocycles. The van der Waals surface area contributed by atoms with E-state index in [1.807, 2.05) is 0 Å². The van der Waals surface area contributed by atoms with Crippen molar-refractivity contribution in [3.8, 4) is 33.6 Å². The van der Waals surface area contributed by atoms with Gasteiger partial charge in [0.25, 0.3) is 0 Å². The minimum absolute atomic E-state index is 1.15. The quantitative estimate of drug-likeness (QED) is 0.107. The Labute approximate surface area is 368 Å². The van der Waals surface area contributed by atoms with Crippen LogP contribution in [0, 0.1) is 0 Å². The zero-order valence-electron chi connectivity index (χ0n) is 34.6. The predicted molar refractivity (Wildman–Crippen MR) is 270 cm³/mol. The van der Waals surface area contributed by atoms with Crippen LogP contribution in [0.1, 0.15) is 0 Å². The molecule has 0 amide bonds. The summed E-state index contributed by atoms with van der Waals surface area (Å²) in [6.45, 7) is 0. The lowest BCUT2D eigenvalue weighted by Gasteiger charge is -2.34. The Morgan fingerprint density at radius 3 is 1.35 bits per heavy atom. The number of fused-ring (bicyclic) bond motifs is 6. The van der Waals surface area contributed by atoms with Gasteiger partial charge < -0.3 is 9.13 Å². The molecule has 0 unspecified atom stereocenters. The maximum atomic E-state index is 2.53. The van der Waals surface area contributed by atoms with E-state index in [0.717, 1.165) is 5.69 Å². The fourth-order valence-electron chi connectivity index (χ4n) is 10.5. The summed E-state index contributed by atoms with van der Waals surface area (Å²) < 4.78 is 5.00. The largest absolute Gasteiger partial charge is 0.309 e. The molecule has 0 radical (unpaired) electrons. The average molecular weight is 819 g/mol. The molecule has 0 saturated carbocycles. The lowest BCUT2D eigenvalue weighted by Crippen LogP contribution is -2.74. The van der Waals surface area contributed by atoms with Crippen molar-refractivity contribution in [1.29, 1.82) is 0 Å². The molecule has 0 saturated heterocycles. The first-order valence-corrected chi connectivity index (χ1v) is 23.8. The standard InChI is InChI=1S/C60H42N2Si/c1-5-22-43(23-6-1)48-30-13-14-31-49(48)50-32-15-18-35-54(50)61-56-37-20-17-34-52(56)60-58(61)38-21-39-59(60)62-55-36-19-16-33-51(55)53-42-47(40-41-57(53)62)63(44-24-7-2-8-25-44,45-26-9-3-10-27-45)46-28-11-4-12-29-46/h1-42H. The van der Waals surface area contributed by atoms with Crippen LogP contribution in [-0.2, 0) is 0 Å². The molecule has 12 aromatic rings. The smallest absolute Gasteiger partial charge is 0.179 e. The van der Waals surface area contributed by atoms with Gasteiger partial charge in [-0.25, -0.2) is 0 Å². The SMILES string of the molecule is c1ccc(-c2ccccc2-c2ccccc2-n2c3ccccc3c3c(-n4c5ccccc5c5cc([Si](c6ccccc6)(c6ccccc6)c6ccccc6)ccc54)cccc32)cc1. The first-order valence-electron chi connectivity index (χ1n) is 21.8. The minimum Gasteiger partial charge on any atom is -0.309 e. The molecule has 63 heavy (non-hydrogen) atoms. The van der Waals surface area contributed by atoms with Crippen LogP contribution >= 0.6 is 0 Å². The van der Waals surface area contributed by atoms with Gasteiger partial charge in [0.1, 0.15) is 0 Å². The van der Waals surface area contributed by atoms with Crippen molar-refractivity contribution in [2.45, 2.75) is 0 Å². The van der Waals surface area contributed by atoms with Gasteiger partial charge in [-0.1, -0.05) is 218 Å². The minimum atomic E-state index is -2.76. The van der Waals surface area contributed by atoms with Crippen LogP contribution in [0.5, 0.6) is 0 Å². The number of aromatic nitrogens is 2. The summed E-state index contributed by atoms with van der Waals surface area (Å²) in [7, 11) is -2.76. The molecule has 296 valence electrons. The van der Waals surface area contributed by atoms with Gasteiger partial charge in [-0.3, -0.25) is 0 Å². The van der Waals surface area contributed by atoms with Gasteiger partial charge in [0.15, 0.2) is 8.07 Å². The lowest BCUT2D eigenvalue weighted by atomic mass is 9.93. The molecule has 10 aromatic carbocycles. The topological polar surface area (TPSA) is 9.86 Å². The molecular weight excluding hydrogens is 777 g/mol. The number of nitrogens with zero attached hydrogens (tertiary/aromatic N) is 2. The maximum Gasteiger partial charge on any atom is 0.179 e. The highest BCUT2D eigenvalue weighted by molar-refractivity contribution is 7.20. The Morgan fingerprint density at radius 2 is 0.698 bits per heavy atom. The normalized spacial score (nSPS) is 11.8. The molecule has 0 fully saturated rings. The lowest BCUT2D eigenvalue weighted by molar-refractivity contribution is 1.17. The Hall–Kier alpha value is -7.98. The van der Waals surface area contributed by atoms with Gasteiger partial charge in [-0.05, 0) is 73.8 Å². The molecule has 0 aliphatic heterocycles.